The Hall–Kier alpha value is -3.40. The third-order valence-corrected chi connectivity index (χ3v) is 4.04. The zero-order chi connectivity index (χ0) is 16.7. The highest BCUT2D eigenvalue weighted by Crippen LogP contribution is 2.28. The number of rotatable bonds is 2. The summed E-state index contributed by atoms with van der Waals surface area (Å²) in [5.41, 5.74) is 0.734. The third-order valence-electron chi connectivity index (χ3n) is 4.04. The van der Waals surface area contributed by atoms with E-state index in [-0.39, 0.29) is 16.8 Å². The highest BCUT2D eigenvalue weighted by molar-refractivity contribution is 6.05. The van der Waals surface area contributed by atoms with Crippen molar-refractivity contribution in [2.45, 2.75) is 0 Å². The van der Waals surface area contributed by atoms with Gasteiger partial charge in [-0.15, -0.1) is 0 Å². The molecule has 1 N–H and O–H groups in total. The summed E-state index contributed by atoms with van der Waals surface area (Å²) >= 11 is 0. The minimum absolute atomic E-state index is 0.0980. The highest BCUT2D eigenvalue weighted by Gasteiger charge is 2.15. The first-order valence-electron chi connectivity index (χ1n) is 7.43. The van der Waals surface area contributed by atoms with Crippen LogP contribution in [-0.2, 0) is 0 Å². The molecule has 0 radical (unpaired) electrons. The van der Waals surface area contributed by atoms with Crippen LogP contribution in [0.1, 0.15) is 10.4 Å². The summed E-state index contributed by atoms with van der Waals surface area (Å²) in [7, 11) is 0. The van der Waals surface area contributed by atoms with Gasteiger partial charge in [0, 0.05) is 11.6 Å². The molecule has 0 atom stereocenters. The first kappa shape index (κ1) is 14.2. The number of aromatic carboxylic acids is 1. The van der Waals surface area contributed by atoms with Crippen LogP contribution in [0, 0.1) is 0 Å². The Morgan fingerprint density at radius 1 is 0.917 bits per heavy atom. The van der Waals surface area contributed by atoms with Crippen molar-refractivity contribution in [1.82, 2.24) is 0 Å². The van der Waals surface area contributed by atoms with E-state index in [1.54, 1.807) is 24.3 Å². The van der Waals surface area contributed by atoms with Crippen molar-refractivity contribution in [3.8, 4) is 11.3 Å². The second kappa shape index (κ2) is 5.35. The molecule has 1 aromatic heterocycles. The molecule has 4 rings (SSSR count). The third kappa shape index (κ3) is 2.16. The van der Waals surface area contributed by atoms with Crippen LogP contribution in [0.25, 0.3) is 33.1 Å². The van der Waals surface area contributed by atoms with Gasteiger partial charge < -0.3 is 9.52 Å². The van der Waals surface area contributed by atoms with Crippen molar-refractivity contribution >= 4 is 27.7 Å². The van der Waals surface area contributed by atoms with Gasteiger partial charge in [-0.1, -0.05) is 48.5 Å². The molecule has 0 unspecified atom stereocenters. The number of fused-ring (bicyclic) bond motifs is 3. The monoisotopic (exact) mass is 316 g/mol. The molecule has 24 heavy (non-hydrogen) atoms. The van der Waals surface area contributed by atoms with Crippen molar-refractivity contribution in [2.24, 2.45) is 0 Å². The highest BCUT2D eigenvalue weighted by atomic mass is 16.4. The van der Waals surface area contributed by atoms with Gasteiger partial charge in [0.15, 0.2) is 5.43 Å². The fourth-order valence-electron chi connectivity index (χ4n) is 2.95. The zero-order valence-corrected chi connectivity index (χ0v) is 12.5. The predicted octanol–water partition coefficient (Wildman–Crippen LogP) is 4.31. The fraction of sp³-hybridized carbons (Fsp3) is 0. The molecule has 3 aromatic carbocycles. The van der Waals surface area contributed by atoms with Crippen LogP contribution in [0.15, 0.2) is 75.9 Å². The summed E-state index contributed by atoms with van der Waals surface area (Å²) in [6.07, 6.45) is 0. The largest absolute Gasteiger partial charge is 0.478 e. The topological polar surface area (TPSA) is 67.5 Å². The van der Waals surface area contributed by atoms with Gasteiger partial charge in [0.25, 0.3) is 0 Å². The van der Waals surface area contributed by atoms with E-state index in [0.29, 0.717) is 16.5 Å². The van der Waals surface area contributed by atoms with Gasteiger partial charge in [-0.2, -0.15) is 0 Å². The van der Waals surface area contributed by atoms with E-state index >= 15 is 0 Å². The van der Waals surface area contributed by atoms with Crippen molar-refractivity contribution in [3.05, 3.63) is 82.5 Å². The number of carboxylic acid groups (broad SMARTS) is 1. The molecule has 4 nitrogen and oxygen atoms in total. The summed E-state index contributed by atoms with van der Waals surface area (Å²) in [5, 5.41) is 11.6. The fourth-order valence-corrected chi connectivity index (χ4v) is 2.95. The van der Waals surface area contributed by atoms with E-state index < -0.39 is 5.97 Å². The van der Waals surface area contributed by atoms with E-state index in [1.165, 1.54) is 12.1 Å². The molecule has 0 aliphatic rings. The Morgan fingerprint density at radius 2 is 1.67 bits per heavy atom. The predicted molar refractivity (Wildman–Crippen MR) is 92.4 cm³/mol. The van der Waals surface area contributed by atoms with Crippen molar-refractivity contribution in [2.75, 3.05) is 0 Å². The summed E-state index contributed by atoms with van der Waals surface area (Å²) in [6, 6.07) is 19.0. The van der Waals surface area contributed by atoms with Gasteiger partial charge in [-0.05, 0) is 22.9 Å². The average Bonchev–Trinajstić information content (AvgIpc) is 2.61. The molecule has 1 heterocycles. The molecule has 0 saturated carbocycles. The molecule has 0 aliphatic carbocycles. The van der Waals surface area contributed by atoms with E-state index in [0.717, 1.165) is 10.8 Å². The van der Waals surface area contributed by atoms with Gasteiger partial charge in [-0.3, -0.25) is 4.79 Å². The number of carbonyl (C=O) groups is 1. The lowest BCUT2D eigenvalue weighted by Crippen LogP contribution is -2.04. The molecular weight excluding hydrogens is 304 g/mol. The first-order chi connectivity index (χ1) is 11.6. The number of hydrogen-bond acceptors (Lipinski definition) is 3. The summed E-state index contributed by atoms with van der Waals surface area (Å²) in [4.78, 5) is 24.1. The lowest BCUT2D eigenvalue weighted by molar-refractivity contribution is 0.0697. The minimum Gasteiger partial charge on any atom is -0.478 e. The van der Waals surface area contributed by atoms with Crippen LogP contribution < -0.4 is 5.43 Å². The van der Waals surface area contributed by atoms with Crippen LogP contribution in [0.4, 0.5) is 0 Å². The SMILES string of the molecule is O=C(O)c1ccccc1-c1cc(=O)c2c(ccc3ccccc32)o1. The molecule has 0 fully saturated rings. The normalized spacial score (nSPS) is 11.0. The maximum Gasteiger partial charge on any atom is 0.336 e. The van der Waals surface area contributed by atoms with E-state index in [2.05, 4.69) is 0 Å². The van der Waals surface area contributed by atoms with Crippen LogP contribution in [0.2, 0.25) is 0 Å². The van der Waals surface area contributed by atoms with E-state index in [4.69, 9.17) is 4.42 Å². The second-order valence-corrected chi connectivity index (χ2v) is 5.49. The van der Waals surface area contributed by atoms with Crippen molar-refractivity contribution in [1.29, 1.82) is 0 Å². The lowest BCUT2D eigenvalue weighted by atomic mass is 10.0. The first-order valence-corrected chi connectivity index (χ1v) is 7.43. The second-order valence-electron chi connectivity index (χ2n) is 5.49. The standard InChI is InChI=1S/C20H12O4/c21-16-11-18(14-7-3-4-8-15(14)20(22)23)24-17-10-9-12-5-1-2-6-13(12)19(16)17/h1-11H,(H,22,23). The number of carboxylic acids is 1. The molecule has 0 amide bonds. The maximum atomic E-state index is 12.7. The molecule has 4 heteroatoms. The Kier molecular flexibility index (Phi) is 3.17. The molecule has 0 aliphatic heterocycles. The van der Waals surface area contributed by atoms with Crippen molar-refractivity contribution in [3.63, 3.8) is 0 Å². The zero-order valence-electron chi connectivity index (χ0n) is 12.5. The molecule has 0 spiro atoms. The molecule has 0 bridgehead atoms. The van der Waals surface area contributed by atoms with Gasteiger partial charge in [-0.25, -0.2) is 4.79 Å². The van der Waals surface area contributed by atoms with Gasteiger partial charge >= 0.3 is 5.97 Å². The Balaban J connectivity index is 2.06. The molecule has 4 aromatic rings. The Morgan fingerprint density at radius 3 is 2.50 bits per heavy atom. The van der Waals surface area contributed by atoms with Crippen LogP contribution in [0.3, 0.4) is 0 Å². The Bertz CT molecular complexity index is 1160. The summed E-state index contributed by atoms with van der Waals surface area (Å²) < 4.78 is 5.86. The van der Waals surface area contributed by atoms with Gasteiger partial charge in [0.05, 0.1) is 10.9 Å². The maximum absolute atomic E-state index is 12.7. The molecule has 116 valence electrons. The number of hydrogen-bond donors (Lipinski definition) is 1. The summed E-state index contributed by atoms with van der Waals surface area (Å²) in [6.45, 7) is 0. The Labute approximate surface area is 136 Å². The summed E-state index contributed by atoms with van der Waals surface area (Å²) in [5.74, 6) is -0.812. The van der Waals surface area contributed by atoms with Crippen LogP contribution >= 0.6 is 0 Å². The minimum atomic E-state index is -1.06. The van der Waals surface area contributed by atoms with Gasteiger partial charge in [0.2, 0.25) is 0 Å². The smallest absolute Gasteiger partial charge is 0.336 e. The van der Waals surface area contributed by atoms with E-state index in [9.17, 15) is 14.7 Å². The average molecular weight is 316 g/mol. The van der Waals surface area contributed by atoms with Crippen LogP contribution in [0.5, 0.6) is 0 Å². The van der Waals surface area contributed by atoms with Gasteiger partial charge in [0.1, 0.15) is 11.3 Å². The van der Waals surface area contributed by atoms with E-state index in [1.807, 2.05) is 30.3 Å². The molecular formula is C20H12O4. The lowest BCUT2D eigenvalue weighted by Gasteiger charge is -2.08. The van der Waals surface area contributed by atoms with Crippen molar-refractivity contribution < 1.29 is 14.3 Å². The van der Waals surface area contributed by atoms with Crippen LogP contribution in [-0.4, -0.2) is 11.1 Å². The quantitative estimate of drug-likeness (QED) is 0.559. The molecule has 0 saturated heterocycles. The number of benzene rings is 3.